The van der Waals surface area contributed by atoms with Gasteiger partial charge in [0.05, 0.1) is 6.61 Å². The Balaban J connectivity index is 1.92. The molecule has 0 radical (unpaired) electrons. The molecule has 0 unspecified atom stereocenters. The molecule has 5 nitrogen and oxygen atoms in total. The van der Waals surface area contributed by atoms with Crippen LogP contribution in [0.3, 0.4) is 0 Å². The van der Waals surface area contributed by atoms with E-state index in [1.165, 1.54) is 12.1 Å². The summed E-state index contributed by atoms with van der Waals surface area (Å²) in [6.45, 7) is 6.63. The molecule has 28 heavy (non-hydrogen) atoms. The minimum Gasteiger partial charge on any atom is -0.489 e. The number of ether oxygens (including phenoxy) is 3. The summed E-state index contributed by atoms with van der Waals surface area (Å²) in [6, 6.07) is 3.98. The second-order valence-corrected chi connectivity index (χ2v) is 7.58. The second-order valence-electron chi connectivity index (χ2n) is 7.58. The van der Waals surface area contributed by atoms with Gasteiger partial charge in [-0.1, -0.05) is 5.92 Å². The molecule has 1 aromatic rings. The molecule has 8 heteroatoms. The molecule has 0 aromatic heterocycles. The van der Waals surface area contributed by atoms with Crippen LogP contribution in [0.15, 0.2) is 18.2 Å². The summed E-state index contributed by atoms with van der Waals surface area (Å²) < 4.78 is 52.8. The molecule has 0 bridgehead atoms. The maximum absolute atomic E-state index is 12.6. The van der Waals surface area contributed by atoms with Crippen molar-refractivity contribution in [3.8, 4) is 23.8 Å². The SMILES string of the molecule is C#Cc1ccc(OCC2CCN(C(=O)OC(C)(C)C)CC2)c(OC(F)(F)F)c1. The summed E-state index contributed by atoms with van der Waals surface area (Å²) in [5.41, 5.74) is -0.298. The van der Waals surface area contributed by atoms with Gasteiger partial charge in [0.25, 0.3) is 0 Å². The Labute approximate surface area is 162 Å². The fraction of sp³-hybridized carbons (Fsp3) is 0.550. The summed E-state index contributed by atoms with van der Waals surface area (Å²) >= 11 is 0. The smallest absolute Gasteiger partial charge is 0.489 e. The van der Waals surface area contributed by atoms with Gasteiger partial charge in [-0.05, 0) is 51.7 Å². The van der Waals surface area contributed by atoms with Gasteiger partial charge < -0.3 is 19.1 Å². The number of carbonyl (C=O) groups is 1. The zero-order chi connectivity index (χ0) is 20.9. The van der Waals surface area contributed by atoms with E-state index in [4.69, 9.17) is 15.9 Å². The van der Waals surface area contributed by atoms with E-state index in [1.54, 1.807) is 25.7 Å². The van der Waals surface area contributed by atoms with Crippen molar-refractivity contribution in [2.75, 3.05) is 19.7 Å². The maximum Gasteiger partial charge on any atom is 0.573 e. The summed E-state index contributed by atoms with van der Waals surface area (Å²) in [4.78, 5) is 13.7. The number of hydrogen-bond donors (Lipinski definition) is 0. The minimum absolute atomic E-state index is 0.0223. The van der Waals surface area contributed by atoms with Crippen molar-refractivity contribution in [2.24, 2.45) is 5.92 Å². The lowest BCUT2D eigenvalue weighted by Crippen LogP contribution is -2.42. The van der Waals surface area contributed by atoms with Crippen LogP contribution < -0.4 is 9.47 Å². The number of terminal acetylenes is 1. The van der Waals surface area contributed by atoms with Crippen molar-refractivity contribution in [1.82, 2.24) is 4.90 Å². The van der Waals surface area contributed by atoms with Gasteiger partial charge in [0, 0.05) is 24.7 Å². The number of rotatable bonds is 4. The fourth-order valence-corrected chi connectivity index (χ4v) is 2.74. The third-order valence-electron chi connectivity index (χ3n) is 4.08. The molecular weight excluding hydrogens is 375 g/mol. The van der Waals surface area contributed by atoms with Gasteiger partial charge >= 0.3 is 12.5 Å². The zero-order valence-corrected chi connectivity index (χ0v) is 16.1. The van der Waals surface area contributed by atoms with Crippen molar-refractivity contribution in [3.05, 3.63) is 23.8 Å². The number of benzene rings is 1. The van der Waals surface area contributed by atoms with Crippen LogP contribution in [0.4, 0.5) is 18.0 Å². The number of hydrogen-bond acceptors (Lipinski definition) is 4. The van der Waals surface area contributed by atoms with Crippen LogP contribution in [0.5, 0.6) is 11.5 Å². The highest BCUT2D eigenvalue weighted by Gasteiger charge is 2.33. The third-order valence-corrected chi connectivity index (χ3v) is 4.08. The molecule has 1 aliphatic rings. The molecule has 1 amide bonds. The third kappa shape index (κ3) is 6.87. The molecule has 1 aromatic carbocycles. The summed E-state index contributed by atoms with van der Waals surface area (Å²) in [5.74, 6) is 1.88. The lowest BCUT2D eigenvalue weighted by atomic mass is 9.98. The first-order valence-electron chi connectivity index (χ1n) is 8.94. The highest BCUT2D eigenvalue weighted by molar-refractivity contribution is 5.68. The van der Waals surface area contributed by atoms with Crippen molar-refractivity contribution >= 4 is 6.09 Å². The van der Waals surface area contributed by atoms with Gasteiger partial charge in [-0.3, -0.25) is 0 Å². The van der Waals surface area contributed by atoms with Crippen LogP contribution in [0.1, 0.15) is 39.2 Å². The molecule has 0 aliphatic carbocycles. The van der Waals surface area contributed by atoms with Gasteiger partial charge in [0.2, 0.25) is 0 Å². The standard InChI is InChI=1S/C20H24F3NO4/c1-5-14-6-7-16(17(12-14)27-20(21,22)23)26-13-15-8-10-24(11-9-15)18(25)28-19(2,3)4/h1,6-7,12,15H,8-11,13H2,2-4H3. The van der Waals surface area contributed by atoms with E-state index in [-0.39, 0.29) is 29.9 Å². The van der Waals surface area contributed by atoms with Crippen LogP contribution >= 0.6 is 0 Å². The van der Waals surface area contributed by atoms with Gasteiger partial charge in [0.15, 0.2) is 11.5 Å². The molecule has 1 fully saturated rings. The van der Waals surface area contributed by atoms with E-state index in [2.05, 4.69) is 10.7 Å². The highest BCUT2D eigenvalue weighted by atomic mass is 19.4. The first-order chi connectivity index (χ1) is 13.0. The number of nitrogens with zero attached hydrogens (tertiary/aromatic N) is 1. The minimum atomic E-state index is -4.84. The molecule has 0 spiro atoms. The van der Waals surface area contributed by atoms with Crippen LogP contribution in [0.2, 0.25) is 0 Å². The van der Waals surface area contributed by atoms with E-state index >= 15 is 0 Å². The number of halogens is 3. The fourth-order valence-electron chi connectivity index (χ4n) is 2.74. The lowest BCUT2D eigenvalue weighted by molar-refractivity contribution is -0.275. The maximum atomic E-state index is 12.6. The van der Waals surface area contributed by atoms with E-state index < -0.39 is 17.7 Å². The summed E-state index contributed by atoms with van der Waals surface area (Å²) in [6.07, 6.45) is 1.35. The molecule has 1 aliphatic heterocycles. The Morgan fingerprint density at radius 1 is 1.21 bits per heavy atom. The van der Waals surface area contributed by atoms with Crippen molar-refractivity contribution in [3.63, 3.8) is 0 Å². The molecule has 0 atom stereocenters. The molecule has 2 rings (SSSR count). The van der Waals surface area contributed by atoms with Gasteiger partial charge in [0.1, 0.15) is 5.60 Å². The largest absolute Gasteiger partial charge is 0.573 e. The summed E-state index contributed by atoms with van der Waals surface area (Å²) in [7, 11) is 0. The second kappa shape index (κ2) is 8.63. The van der Waals surface area contributed by atoms with Crippen molar-refractivity contribution < 1.29 is 32.2 Å². The number of amides is 1. The molecule has 0 N–H and O–H groups in total. The number of carbonyl (C=O) groups excluding carboxylic acids is 1. The van der Waals surface area contributed by atoms with Crippen LogP contribution in [0.25, 0.3) is 0 Å². The Morgan fingerprint density at radius 2 is 1.86 bits per heavy atom. The summed E-state index contributed by atoms with van der Waals surface area (Å²) in [5, 5.41) is 0. The highest BCUT2D eigenvalue weighted by Crippen LogP contribution is 2.34. The van der Waals surface area contributed by atoms with Crippen LogP contribution in [0, 0.1) is 18.3 Å². The molecule has 1 heterocycles. The van der Waals surface area contributed by atoms with Crippen LogP contribution in [-0.4, -0.2) is 42.7 Å². The average Bonchev–Trinajstić information content (AvgIpc) is 2.58. The molecule has 1 saturated heterocycles. The topological polar surface area (TPSA) is 48.0 Å². The Kier molecular flexibility index (Phi) is 6.70. The number of alkyl halides is 3. The normalized spacial score (nSPS) is 15.7. The molecule has 0 saturated carbocycles. The number of piperidine rings is 1. The molecular formula is C20H24F3NO4. The van der Waals surface area contributed by atoms with Gasteiger partial charge in [-0.2, -0.15) is 0 Å². The zero-order valence-electron chi connectivity index (χ0n) is 16.1. The Morgan fingerprint density at radius 3 is 2.39 bits per heavy atom. The Hall–Kier alpha value is -2.56. The predicted octanol–water partition coefficient (Wildman–Crippen LogP) is 4.59. The van der Waals surface area contributed by atoms with Crippen molar-refractivity contribution in [2.45, 2.75) is 45.6 Å². The predicted molar refractivity (Wildman–Crippen MR) is 97.1 cm³/mol. The van der Waals surface area contributed by atoms with Gasteiger partial charge in [-0.25, -0.2) is 4.79 Å². The lowest BCUT2D eigenvalue weighted by Gasteiger charge is -2.33. The van der Waals surface area contributed by atoms with E-state index in [0.717, 1.165) is 6.07 Å². The first-order valence-corrected chi connectivity index (χ1v) is 8.94. The monoisotopic (exact) mass is 399 g/mol. The van der Waals surface area contributed by atoms with Crippen LogP contribution in [-0.2, 0) is 4.74 Å². The van der Waals surface area contributed by atoms with E-state index in [9.17, 15) is 18.0 Å². The first kappa shape index (κ1) is 21.7. The quantitative estimate of drug-likeness (QED) is 0.695. The van der Waals surface area contributed by atoms with E-state index in [0.29, 0.717) is 25.9 Å². The Bertz CT molecular complexity index is 726. The van der Waals surface area contributed by atoms with E-state index in [1.807, 2.05) is 0 Å². The van der Waals surface area contributed by atoms with Gasteiger partial charge in [-0.15, -0.1) is 19.6 Å². The average molecular weight is 399 g/mol. The number of likely N-dealkylation sites (tertiary alicyclic amines) is 1. The molecule has 154 valence electrons. The van der Waals surface area contributed by atoms with Crippen molar-refractivity contribution in [1.29, 1.82) is 0 Å².